The average Bonchev–Trinajstić information content (AvgIpc) is 2.96. The van der Waals surface area contributed by atoms with Gasteiger partial charge in [0, 0.05) is 34.8 Å². The number of hydrogen-bond donors (Lipinski definition) is 1. The molecule has 0 spiro atoms. The Hall–Kier alpha value is -3.13. The van der Waals surface area contributed by atoms with Gasteiger partial charge in [-0.2, -0.15) is 0 Å². The quantitative estimate of drug-likeness (QED) is 0.667. The molecule has 8 heteroatoms. The molecule has 1 N–H and O–H groups in total. The van der Waals surface area contributed by atoms with Crippen molar-refractivity contribution in [2.24, 2.45) is 0 Å². The molecule has 3 aromatic rings. The van der Waals surface area contributed by atoms with Crippen molar-refractivity contribution in [2.75, 3.05) is 15.9 Å². The molecular weight excluding hydrogens is 392 g/mol. The first-order valence-corrected chi connectivity index (χ1v) is 11.0. The number of carbonyl (C=O) groups excluding carboxylic acids is 1. The predicted molar refractivity (Wildman–Crippen MR) is 112 cm³/mol. The number of sulfonamides is 1. The summed E-state index contributed by atoms with van der Waals surface area (Å²) in [5.41, 5.74) is 3.12. The van der Waals surface area contributed by atoms with Gasteiger partial charge >= 0.3 is 5.63 Å². The molecular formula is C21H20N2O5S. The molecule has 0 radical (unpaired) electrons. The van der Waals surface area contributed by atoms with Crippen molar-refractivity contribution in [3.05, 3.63) is 69.6 Å². The van der Waals surface area contributed by atoms with Crippen LogP contribution in [0.3, 0.4) is 0 Å². The predicted octanol–water partition coefficient (Wildman–Crippen LogP) is 3.06. The molecule has 2 heterocycles. The maximum atomic E-state index is 12.7. The second kappa shape index (κ2) is 6.73. The molecule has 29 heavy (non-hydrogen) atoms. The maximum absolute atomic E-state index is 12.7. The summed E-state index contributed by atoms with van der Waals surface area (Å²) in [4.78, 5) is 24.3. The van der Waals surface area contributed by atoms with E-state index in [1.807, 2.05) is 13.8 Å². The highest BCUT2D eigenvalue weighted by Gasteiger charge is 2.32. The van der Waals surface area contributed by atoms with Crippen LogP contribution >= 0.6 is 0 Å². The third-order valence-electron chi connectivity index (χ3n) is 5.06. The zero-order chi connectivity index (χ0) is 20.9. The number of rotatable bonds is 3. The van der Waals surface area contributed by atoms with Crippen molar-refractivity contribution in [3.63, 3.8) is 0 Å². The van der Waals surface area contributed by atoms with Gasteiger partial charge in [0.05, 0.1) is 11.9 Å². The first-order chi connectivity index (χ1) is 13.6. The lowest BCUT2D eigenvalue weighted by Gasteiger charge is -2.21. The van der Waals surface area contributed by atoms with Crippen LogP contribution in [0.5, 0.6) is 0 Å². The Labute approximate surface area is 168 Å². The van der Waals surface area contributed by atoms with Crippen molar-refractivity contribution in [1.82, 2.24) is 0 Å². The van der Waals surface area contributed by atoms with Gasteiger partial charge in [-0.05, 0) is 61.7 Å². The molecule has 1 atom stereocenters. The molecule has 0 fully saturated rings. The molecule has 1 unspecified atom stereocenters. The van der Waals surface area contributed by atoms with E-state index in [9.17, 15) is 18.0 Å². The molecule has 150 valence electrons. The van der Waals surface area contributed by atoms with E-state index in [0.29, 0.717) is 28.9 Å². The number of nitrogens with zero attached hydrogens (tertiary/aromatic N) is 1. The normalized spacial score (nSPS) is 16.1. The zero-order valence-corrected chi connectivity index (χ0v) is 17.0. The molecule has 1 amide bonds. The largest absolute Gasteiger partial charge is 0.423 e. The minimum atomic E-state index is -3.38. The third-order valence-corrected chi connectivity index (χ3v) is 6.33. The molecule has 7 nitrogen and oxygen atoms in total. The van der Waals surface area contributed by atoms with E-state index in [4.69, 9.17) is 4.42 Å². The van der Waals surface area contributed by atoms with Gasteiger partial charge < -0.3 is 9.73 Å². The topological polar surface area (TPSA) is 96.7 Å². The highest BCUT2D eigenvalue weighted by Crippen LogP contribution is 2.34. The number of aryl methyl sites for hydroxylation is 1. The van der Waals surface area contributed by atoms with Gasteiger partial charge in [-0.1, -0.05) is 0 Å². The second-order valence-corrected chi connectivity index (χ2v) is 9.23. The summed E-state index contributed by atoms with van der Waals surface area (Å²) in [7, 11) is -3.38. The second-order valence-electron chi connectivity index (χ2n) is 7.37. The molecule has 0 aliphatic carbocycles. The summed E-state index contributed by atoms with van der Waals surface area (Å²) in [6.45, 7) is 3.66. The van der Waals surface area contributed by atoms with E-state index in [2.05, 4.69) is 5.32 Å². The van der Waals surface area contributed by atoms with E-state index in [-0.39, 0.29) is 11.9 Å². The Morgan fingerprint density at radius 3 is 2.66 bits per heavy atom. The lowest BCUT2D eigenvalue weighted by atomic mass is 10.1. The van der Waals surface area contributed by atoms with Crippen molar-refractivity contribution in [3.8, 4) is 0 Å². The molecule has 1 aromatic heterocycles. The summed E-state index contributed by atoms with van der Waals surface area (Å²) < 4.78 is 30.7. The summed E-state index contributed by atoms with van der Waals surface area (Å²) in [6.07, 6.45) is 1.73. The fraction of sp³-hybridized carbons (Fsp3) is 0.238. The highest BCUT2D eigenvalue weighted by molar-refractivity contribution is 7.92. The lowest BCUT2D eigenvalue weighted by Crippen LogP contribution is -2.34. The third kappa shape index (κ3) is 3.51. The summed E-state index contributed by atoms with van der Waals surface area (Å²) in [5, 5.41) is 3.60. The van der Waals surface area contributed by atoms with Gasteiger partial charge in [0.1, 0.15) is 5.58 Å². The fourth-order valence-corrected chi connectivity index (χ4v) is 5.12. The number of anilines is 2. The summed E-state index contributed by atoms with van der Waals surface area (Å²) >= 11 is 0. The minimum absolute atomic E-state index is 0.190. The molecule has 0 saturated carbocycles. The molecule has 1 aliphatic rings. The Balaban J connectivity index is 1.63. The number of benzene rings is 2. The van der Waals surface area contributed by atoms with Gasteiger partial charge in [0.15, 0.2) is 0 Å². The van der Waals surface area contributed by atoms with Crippen LogP contribution in [0.25, 0.3) is 11.0 Å². The van der Waals surface area contributed by atoms with Crippen LogP contribution in [0.4, 0.5) is 11.4 Å². The molecule has 4 rings (SSSR count). The van der Waals surface area contributed by atoms with Crippen LogP contribution in [-0.2, 0) is 16.4 Å². The van der Waals surface area contributed by atoms with E-state index in [0.717, 1.165) is 16.5 Å². The monoisotopic (exact) mass is 412 g/mol. The first kappa shape index (κ1) is 19.2. The maximum Gasteiger partial charge on any atom is 0.336 e. The number of nitrogens with one attached hydrogen (secondary N) is 1. The fourth-order valence-electron chi connectivity index (χ4n) is 3.86. The van der Waals surface area contributed by atoms with Crippen molar-refractivity contribution >= 4 is 38.3 Å². The van der Waals surface area contributed by atoms with E-state index >= 15 is 0 Å². The minimum Gasteiger partial charge on any atom is -0.423 e. The standard InChI is InChI=1S/C21H20N2O5S/c1-12-8-20(24)28-19-11-16(5-6-17(12)19)22-21(25)14-4-7-18-15(10-14)9-13(2)23(18)29(3,26)27/h4-8,10-11,13H,9H2,1-3H3,(H,22,25). The zero-order valence-electron chi connectivity index (χ0n) is 16.2. The molecule has 0 saturated heterocycles. The van der Waals surface area contributed by atoms with E-state index in [1.54, 1.807) is 36.4 Å². The Morgan fingerprint density at radius 1 is 1.17 bits per heavy atom. The van der Waals surface area contributed by atoms with Crippen molar-refractivity contribution in [2.45, 2.75) is 26.3 Å². The average molecular weight is 412 g/mol. The van der Waals surface area contributed by atoms with E-state index in [1.165, 1.54) is 16.6 Å². The first-order valence-electron chi connectivity index (χ1n) is 9.12. The highest BCUT2D eigenvalue weighted by atomic mass is 32.2. The smallest absolute Gasteiger partial charge is 0.336 e. The van der Waals surface area contributed by atoms with Crippen LogP contribution in [0.15, 0.2) is 51.7 Å². The Bertz CT molecular complexity index is 1310. The van der Waals surface area contributed by atoms with Crippen LogP contribution in [-0.4, -0.2) is 26.6 Å². The molecule has 1 aliphatic heterocycles. The van der Waals surface area contributed by atoms with Crippen LogP contribution < -0.4 is 15.2 Å². The van der Waals surface area contributed by atoms with Crippen LogP contribution in [0.1, 0.15) is 28.4 Å². The van der Waals surface area contributed by atoms with Crippen molar-refractivity contribution < 1.29 is 17.6 Å². The van der Waals surface area contributed by atoms with Gasteiger partial charge in [-0.25, -0.2) is 13.2 Å². The summed E-state index contributed by atoms with van der Waals surface area (Å²) in [5.74, 6) is -0.326. The van der Waals surface area contributed by atoms with Gasteiger partial charge in [-0.3, -0.25) is 9.10 Å². The number of fused-ring (bicyclic) bond motifs is 2. The lowest BCUT2D eigenvalue weighted by molar-refractivity contribution is 0.102. The van der Waals surface area contributed by atoms with Crippen molar-refractivity contribution in [1.29, 1.82) is 0 Å². The van der Waals surface area contributed by atoms with Gasteiger partial charge in [0.25, 0.3) is 5.91 Å². The SMILES string of the molecule is Cc1cc(=O)oc2cc(NC(=O)c3ccc4c(c3)CC(C)N4S(C)(=O)=O)ccc12. The van der Waals surface area contributed by atoms with Gasteiger partial charge in [0.2, 0.25) is 10.0 Å². The Morgan fingerprint density at radius 2 is 1.93 bits per heavy atom. The number of amides is 1. The van der Waals surface area contributed by atoms with E-state index < -0.39 is 15.6 Å². The van der Waals surface area contributed by atoms with Crippen LogP contribution in [0.2, 0.25) is 0 Å². The van der Waals surface area contributed by atoms with Crippen LogP contribution in [0, 0.1) is 6.92 Å². The molecule has 0 bridgehead atoms. The molecule has 2 aromatic carbocycles. The summed E-state index contributed by atoms with van der Waals surface area (Å²) in [6, 6.07) is 11.4. The van der Waals surface area contributed by atoms with Gasteiger partial charge in [-0.15, -0.1) is 0 Å². The number of hydrogen-bond acceptors (Lipinski definition) is 5. The Kier molecular flexibility index (Phi) is 4.46. The number of carbonyl (C=O) groups is 1.